The maximum atomic E-state index is 12.3. The van der Waals surface area contributed by atoms with E-state index in [1.807, 2.05) is 4.72 Å². The van der Waals surface area contributed by atoms with Crippen molar-refractivity contribution in [3.05, 3.63) is 45.3 Å². The first-order valence-corrected chi connectivity index (χ1v) is 10.2. The zero-order chi connectivity index (χ0) is 18.2. The second-order valence-electron chi connectivity index (χ2n) is 5.44. The molecule has 132 valence electrons. The van der Waals surface area contributed by atoms with Crippen LogP contribution in [0.1, 0.15) is 22.5 Å². The van der Waals surface area contributed by atoms with E-state index in [-0.39, 0.29) is 31.6 Å². The number of anilines is 1. The lowest BCUT2D eigenvalue weighted by atomic mass is 10.4. The molecule has 1 fully saturated rings. The van der Waals surface area contributed by atoms with E-state index in [2.05, 4.69) is 5.32 Å². The molecule has 0 aliphatic heterocycles. The lowest BCUT2D eigenvalue weighted by molar-refractivity contribution is -0.117. The molecule has 0 unspecified atom stereocenters. The second-order valence-corrected chi connectivity index (χ2v) is 9.02. The minimum atomic E-state index is -4.17. The van der Waals surface area contributed by atoms with Gasteiger partial charge < -0.3 is 5.32 Å². The van der Waals surface area contributed by atoms with E-state index in [0.29, 0.717) is 5.00 Å². The van der Waals surface area contributed by atoms with Crippen LogP contribution in [-0.4, -0.2) is 20.2 Å². The van der Waals surface area contributed by atoms with E-state index in [1.54, 1.807) is 6.07 Å². The van der Waals surface area contributed by atoms with Crippen molar-refractivity contribution in [2.45, 2.75) is 17.7 Å². The molecule has 0 bridgehead atoms. The van der Waals surface area contributed by atoms with Crippen LogP contribution < -0.4 is 10.0 Å². The highest BCUT2D eigenvalue weighted by atomic mass is 35.5. The van der Waals surface area contributed by atoms with Gasteiger partial charge in [0.25, 0.3) is 15.9 Å². The first-order valence-electron chi connectivity index (χ1n) is 7.19. The SMILES string of the molecule is O=C(NS(=O)(=O)c1cc(Cl)ccc1Cl)c1ccc(NC(=O)C2CC2)s1. The Labute approximate surface area is 158 Å². The summed E-state index contributed by atoms with van der Waals surface area (Å²) in [5.41, 5.74) is 0. The molecule has 2 amide bonds. The number of nitrogens with one attached hydrogen (secondary N) is 2. The van der Waals surface area contributed by atoms with Crippen molar-refractivity contribution in [1.29, 1.82) is 0 Å². The third kappa shape index (κ3) is 4.33. The number of carbonyl (C=O) groups excluding carboxylic acids is 2. The predicted molar refractivity (Wildman–Crippen MR) is 96.8 cm³/mol. The average molecular weight is 419 g/mol. The summed E-state index contributed by atoms with van der Waals surface area (Å²) in [6.45, 7) is 0. The molecular weight excluding hydrogens is 407 g/mol. The fourth-order valence-electron chi connectivity index (χ4n) is 2.01. The van der Waals surface area contributed by atoms with Crippen molar-refractivity contribution in [1.82, 2.24) is 4.72 Å². The molecule has 1 aromatic heterocycles. The molecule has 6 nitrogen and oxygen atoms in total. The van der Waals surface area contributed by atoms with Gasteiger partial charge in [-0.1, -0.05) is 23.2 Å². The summed E-state index contributed by atoms with van der Waals surface area (Å²) in [4.78, 5) is 23.8. The van der Waals surface area contributed by atoms with Gasteiger partial charge in [0, 0.05) is 10.9 Å². The van der Waals surface area contributed by atoms with Crippen LogP contribution in [0.15, 0.2) is 35.2 Å². The molecule has 0 spiro atoms. The average Bonchev–Trinajstić information content (AvgIpc) is 3.29. The molecule has 0 atom stereocenters. The van der Waals surface area contributed by atoms with Crippen molar-refractivity contribution in [2.24, 2.45) is 5.92 Å². The van der Waals surface area contributed by atoms with Crippen molar-refractivity contribution >= 4 is 61.4 Å². The molecule has 1 saturated carbocycles. The van der Waals surface area contributed by atoms with Gasteiger partial charge in [0.2, 0.25) is 5.91 Å². The summed E-state index contributed by atoms with van der Waals surface area (Å²) in [6.07, 6.45) is 1.73. The van der Waals surface area contributed by atoms with Gasteiger partial charge in [-0.05, 0) is 43.2 Å². The van der Waals surface area contributed by atoms with Crippen molar-refractivity contribution in [3.8, 4) is 0 Å². The maximum absolute atomic E-state index is 12.3. The highest BCUT2D eigenvalue weighted by molar-refractivity contribution is 7.90. The molecule has 25 heavy (non-hydrogen) atoms. The minimum absolute atomic E-state index is 0.0322. The van der Waals surface area contributed by atoms with Gasteiger partial charge in [0.15, 0.2) is 0 Å². The summed E-state index contributed by atoms with van der Waals surface area (Å²) in [5.74, 6) is -0.871. The Hall–Kier alpha value is -1.61. The number of benzene rings is 1. The Morgan fingerprint density at radius 2 is 1.84 bits per heavy atom. The number of hydrogen-bond donors (Lipinski definition) is 2. The number of sulfonamides is 1. The predicted octanol–water partition coefficient (Wildman–Crippen LogP) is 3.52. The highest BCUT2D eigenvalue weighted by Gasteiger charge is 2.30. The van der Waals surface area contributed by atoms with Gasteiger partial charge in [0.1, 0.15) is 4.90 Å². The van der Waals surface area contributed by atoms with Crippen LogP contribution in [0.25, 0.3) is 0 Å². The van der Waals surface area contributed by atoms with E-state index in [1.165, 1.54) is 18.2 Å². The summed E-state index contributed by atoms with van der Waals surface area (Å²) in [5, 5.41) is 3.32. The van der Waals surface area contributed by atoms with E-state index in [4.69, 9.17) is 23.2 Å². The zero-order valence-electron chi connectivity index (χ0n) is 12.6. The summed E-state index contributed by atoms with van der Waals surface area (Å²) in [6, 6.07) is 6.93. The molecular formula is C15H12Cl2N2O4S2. The van der Waals surface area contributed by atoms with E-state index >= 15 is 0 Å². The van der Waals surface area contributed by atoms with Crippen LogP contribution >= 0.6 is 34.5 Å². The molecule has 0 radical (unpaired) electrons. The summed E-state index contributed by atoms with van der Waals surface area (Å²) >= 11 is 12.6. The Bertz CT molecular complexity index is 952. The number of carbonyl (C=O) groups is 2. The highest BCUT2D eigenvalue weighted by Crippen LogP contribution is 2.32. The molecule has 1 aromatic carbocycles. The number of thiophene rings is 1. The van der Waals surface area contributed by atoms with Gasteiger partial charge in [-0.25, -0.2) is 13.1 Å². The molecule has 3 rings (SSSR count). The maximum Gasteiger partial charge on any atom is 0.275 e. The number of amides is 2. The van der Waals surface area contributed by atoms with Gasteiger partial charge in [-0.2, -0.15) is 0 Å². The topological polar surface area (TPSA) is 92.3 Å². The first kappa shape index (κ1) is 18.2. The van der Waals surface area contributed by atoms with E-state index in [0.717, 1.165) is 30.2 Å². The number of rotatable bonds is 5. The van der Waals surface area contributed by atoms with Crippen molar-refractivity contribution in [3.63, 3.8) is 0 Å². The number of halogens is 2. The standard InChI is InChI=1S/C15H12Cl2N2O4S2/c16-9-3-4-10(17)12(7-9)25(22,23)19-15(21)11-5-6-13(24-11)18-14(20)8-1-2-8/h3-8H,1-2H2,(H,18,20)(H,19,21). The smallest absolute Gasteiger partial charge is 0.275 e. The molecule has 2 aromatic rings. The van der Waals surface area contributed by atoms with Crippen molar-refractivity contribution in [2.75, 3.05) is 5.32 Å². The molecule has 0 saturated heterocycles. The van der Waals surface area contributed by atoms with Gasteiger partial charge in [-0.3, -0.25) is 9.59 Å². The van der Waals surface area contributed by atoms with Gasteiger partial charge >= 0.3 is 0 Å². The van der Waals surface area contributed by atoms with Crippen LogP contribution in [0.3, 0.4) is 0 Å². The Balaban J connectivity index is 1.74. The van der Waals surface area contributed by atoms with Gasteiger partial charge in [0.05, 0.1) is 14.9 Å². The number of hydrogen-bond acceptors (Lipinski definition) is 5. The Morgan fingerprint density at radius 3 is 2.52 bits per heavy atom. The molecule has 2 N–H and O–H groups in total. The van der Waals surface area contributed by atoms with Crippen LogP contribution in [-0.2, 0) is 14.8 Å². The molecule has 10 heteroatoms. The quantitative estimate of drug-likeness (QED) is 0.776. The fourth-order valence-corrected chi connectivity index (χ4v) is 4.61. The Morgan fingerprint density at radius 1 is 1.12 bits per heavy atom. The van der Waals surface area contributed by atoms with Crippen LogP contribution in [0.4, 0.5) is 5.00 Å². The van der Waals surface area contributed by atoms with E-state index in [9.17, 15) is 18.0 Å². The summed E-state index contributed by atoms with van der Waals surface area (Å²) in [7, 11) is -4.17. The van der Waals surface area contributed by atoms with Crippen molar-refractivity contribution < 1.29 is 18.0 Å². The van der Waals surface area contributed by atoms with E-state index < -0.39 is 15.9 Å². The Kier molecular flexibility index (Phi) is 5.06. The summed E-state index contributed by atoms with van der Waals surface area (Å²) < 4.78 is 26.6. The fraction of sp³-hybridized carbons (Fsp3) is 0.200. The van der Waals surface area contributed by atoms with Gasteiger partial charge in [-0.15, -0.1) is 11.3 Å². The minimum Gasteiger partial charge on any atom is -0.317 e. The zero-order valence-corrected chi connectivity index (χ0v) is 15.7. The first-order chi connectivity index (χ1) is 11.8. The monoisotopic (exact) mass is 418 g/mol. The third-order valence-corrected chi connectivity index (χ3v) is 6.48. The van der Waals surface area contributed by atoms with Crippen LogP contribution in [0.2, 0.25) is 10.0 Å². The lowest BCUT2D eigenvalue weighted by Gasteiger charge is -2.08. The molecule has 1 heterocycles. The molecule has 1 aliphatic rings. The normalized spacial score (nSPS) is 14.2. The van der Waals surface area contributed by atoms with Crippen LogP contribution in [0, 0.1) is 5.92 Å². The third-order valence-electron chi connectivity index (χ3n) is 3.43. The molecule has 1 aliphatic carbocycles. The van der Waals surface area contributed by atoms with Crippen LogP contribution in [0.5, 0.6) is 0 Å². The lowest BCUT2D eigenvalue weighted by Crippen LogP contribution is -2.30. The largest absolute Gasteiger partial charge is 0.317 e. The second kappa shape index (κ2) is 6.95.